The molecule has 1 aromatic carbocycles. The minimum absolute atomic E-state index is 0.256. The highest BCUT2D eigenvalue weighted by Crippen LogP contribution is 2.28. The molecule has 5 nitrogen and oxygen atoms in total. The van der Waals surface area contributed by atoms with E-state index in [1.54, 1.807) is 0 Å². The van der Waals surface area contributed by atoms with E-state index in [0.29, 0.717) is 18.4 Å². The maximum atomic E-state index is 12.6. The number of guanidine groups is 1. The highest BCUT2D eigenvalue weighted by Gasteiger charge is 2.30. The zero-order chi connectivity index (χ0) is 19.3. The average molecular weight is 371 g/mol. The number of likely N-dealkylation sites (tertiary alicyclic amines) is 1. The van der Waals surface area contributed by atoms with E-state index in [4.69, 9.17) is 4.99 Å². The molecule has 1 N–H and O–H groups in total. The first-order valence-electron chi connectivity index (χ1n) is 10.4. The summed E-state index contributed by atoms with van der Waals surface area (Å²) >= 11 is 0. The normalized spacial score (nSPS) is 19.1. The van der Waals surface area contributed by atoms with Crippen molar-refractivity contribution >= 4 is 11.9 Å². The van der Waals surface area contributed by atoms with E-state index in [2.05, 4.69) is 55.3 Å². The smallest absolute Gasteiger partial charge is 0.222 e. The summed E-state index contributed by atoms with van der Waals surface area (Å²) in [5.74, 6) is 1.26. The number of hydrogen-bond donors (Lipinski definition) is 1. The fourth-order valence-electron chi connectivity index (χ4n) is 4.00. The lowest BCUT2D eigenvalue weighted by atomic mass is 9.93. The lowest BCUT2D eigenvalue weighted by Crippen LogP contribution is -2.40. The molecular weight excluding hydrogens is 336 g/mol. The number of nitrogens with one attached hydrogen (secondary N) is 1. The topological polar surface area (TPSA) is 47.9 Å². The van der Waals surface area contributed by atoms with Gasteiger partial charge < -0.3 is 15.1 Å². The minimum atomic E-state index is 0.256. The summed E-state index contributed by atoms with van der Waals surface area (Å²) < 4.78 is 0. The van der Waals surface area contributed by atoms with E-state index in [1.165, 1.54) is 17.5 Å². The molecule has 0 bridgehead atoms. The fourth-order valence-corrected chi connectivity index (χ4v) is 4.00. The van der Waals surface area contributed by atoms with Crippen LogP contribution >= 0.6 is 0 Å². The standard InChI is InChI=1S/C22H34N4O/c1-4-23-21(26-15-12-22(2,3)17-26)24-13-7-10-20(27)25-14-11-18-8-5-6-9-19(18)16-25/h5-6,8-9H,4,7,10-17H2,1-3H3,(H,23,24). The Bertz CT molecular complexity index is 683. The predicted molar refractivity (Wildman–Crippen MR) is 111 cm³/mol. The monoisotopic (exact) mass is 370 g/mol. The molecule has 0 atom stereocenters. The first-order chi connectivity index (χ1) is 13.0. The molecule has 0 aromatic heterocycles. The third kappa shape index (κ3) is 5.24. The highest BCUT2D eigenvalue weighted by atomic mass is 16.2. The highest BCUT2D eigenvalue weighted by molar-refractivity contribution is 5.80. The molecule has 2 heterocycles. The van der Waals surface area contributed by atoms with Crippen molar-refractivity contribution in [3.8, 4) is 0 Å². The summed E-state index contributed by atoms with van der Waals surface area (Å²) in [7, 11) is 0. The second kappa shape index (κ2) is 8.77. The Morgan fingerprint density at radius 3 is 2.67 bits per heavy atom. The summed E-state index contributed by atoms with van der Waals surface area (Å²) in [4.78, 5) is 21.7. The van der Waals surface area contributed by atoms with Gasteiger partial charge in [-0.2, -0.15) is 0 Å². The van der Waals surface area contributed by atoms with Crippen LogP contribution in [-0.2, 0) is 17.8 Å². The van der Waals surface area contributed by atoms with Crippen molar-refractivity contribution in [3.05, 3.63) is 35.4 Å². The average Bonchev–Trinajstić information content (AvgIpc) is 3.03. The van der Waals surface area contributed by atoms with Gasteiger partial charge in [0.25, 0.3) is 0 Å². The Hall–Kier alpha value is -2.04. The van der Waals surface area contributed by atoms with Gasteiger partial charge in [0.15, 0.2) is 5.96 Å². The Labute approximate surface area is 163 Å². The molecule has 2 aliphatic rings. The van der Waals surface area contributed by atoms with E-state index in [9.17, 15) is 4.79 Å². The minimum Gasteiger partial charge on any atom is -0.357 e. The van der Waals surface area contributed by atoms with Crippen LogP contribution in [0.5, 0.6) is 0 Å². The molecule has 1 aromatic rings. The summed E-state index contributed by atoms with van der Waals surface area (Å²) in [6, 6.07) is 8.45. The van der Waals surface area contributed by atoms with Crippen LogP contribution in [0.3, 0.4) is 0 Å². The number of fused-ring (bicyclic) bond motifs is 1. The zero-order valence-electron chi connectivity index (χ0n) is 17.1. The molecule has 0 aliphatic carbocycles. The zero-order valence-corrected chi connectivity index (χ0v) is 17.1. The molecule has 0 saturated carbocycles. The largest absolute Gasteiger partial charge is 0.357 e. The van der Waals surface area contributed by atoms with E-state index < -0.39 is 0 Å². The van der Waals surface area contributed by atoms with Gasteiger partial charge >= 0.3 is 0 Å². The Balaban J connectivity index is 1.47. The second-order valence-corrected chi connectivity index (χ2v) is 8.51. The number of nitrogens with zero attached hydrogens (tertiary/aromatic N) is 3. The van der Waals surface area contributed by atoms with Crippen LogP contribution in [0.15, 0.2) is 29.3 Å². The fraction of sp³-hybridized carbons (Fsp3) is 0.636. The number of rotatable bonds is 5. The third-order valence-corrected chi connectivity index (χ3v) is 5.61. The van der Waals surface area contributed by atoms with Crippen molar-refractivity contribution in [2.45, 2.75) is 53.0 Å². The summed E-state index contributed by atoms with van der Waals surface area (Å²) in [6.45, 7) is 12.0. The van der Waals surface area contributed by atoms with Gasteiger partial charge in [-0.25, -0.2) is 0 Å². The molecular formula is C22H34N4O. The maximum Gasteiger partial charge on any atom is 0.222 e. The molecule has 3 rings (SSSR count). The first kappa shape index (κ1) is 19.7. The molecule has 1 fully saturated rings. The molecule has 148 valence electrons. The Kier molecular flexibility index (Phi) is 6.40. The molecule has 0 radical (unpaired) electrons. The van der Waals surface area contributed by atoms with E-state index in [0.717, 1.165) is 51.5 Å². The molecule has 1 saturated heterocycles. The molecule has 0 unspecified atom stereocenters. The van der Waals surface area contributed by atoms with Crippen molar-refractivity contribution in [3.63, 3.8) is 0 Å². The van der Waals surface area contributed by atoms with Crippen molar-refractivity contribution in [1.29, 1.82) is 0 Å². The molecule has 27 heavy (non-hydrogen) atoms. The number of carbonyl (C=O) groups is 1. The van der Waals surface area contributed by atoms with Gasteiger partial charge in [-0.15, -0.1) is 0 Å². The number of hydrogen-bond acceptors (Lipinski definition) is 2. The molecule has 2 aliphatic heterocycles. The van der Waals surface area contributed by atoms with Crippen molar-refractivity contribution in [2.24, 2.45) is 10.4 Å². The summed E-state index contributed by atoms with van der Waals surface area (Å²) in [5.41, 5.74) is 3.03. The quantitative estimate of drug-likeness (QED) is 0.492. The van der Waals surface area contributed by atoms with Crippen LogP contribution < -0.4 is 5.32 Å². The third-order valence-electron chi connectivity index (χ3n) is 5.61. The molecule has 5 heteroatoms. The van der Waals surface area contributed by atoms with Gasteiger partial charge in [-0.3, -0.25) is 9.79 Å². The lowest BCUT2D eigenvalue weighted by Gasteiger charge is -2.29. The van der Waals surface area contributed by atoms with E-state index in [1.807, 2.05) is 4.90 Å². The van der Waals surface area contributed by atoms with Crippen molar-refractivity contribution in [2.75, 3.05) is 32.7 Å². The van der Waals surface area contributed by atoms with Gasteiger partial charge in [0.2, 0.25) is 5.91 Å². The van der Waals surface area contributed by atoms with Crippen LogP contribution in [0.4, 0.5) is 0 Å². The van der Waals surface area contributed by atoms with E-state index >= 15 is 0 Å². The van der Waals surface area contributed by atoms with Crippen molar-refractivity contribution in [1.82, 2.24) is 15.1 Å². The second-order valence-electron chi connectivity index (χ2n) is 8.51. The van der Waals surface area contributed by atoms with Crippen LogP contribution in [0.2, 0.25) is 0 Å². The van der Waals surface area contributed by atoms with Gasteiger partial charge in [0.1, 0.15) is 0 Å². The van der Waals surface area contributed by atoms with Gasteiger partial charge in [-0.05, 0) is 42.7 Å². The Morgan fingerprint density at radius 2 is 1.96 bits per heavy atom. The van der Waals surface area contributed by atoms with Gasteiger partial charge in [-0.1, -0.05) is 38.1 Å². The Morgan fingerprint density at radius 1 is 1.19 bits per heavy atom. The number of amides is 1. The molecule has 1 amide bonds. The lowest BCUT2D eigenvalue weighted by molar-refractivity contribution is -0.132. The summed E-state index contributed by atoms with van der Waals surface area (Å²) in [5, 5.41) is 3.41. The number of aliphatic imine (C=N–C) groups is 1. The predicted octanol–water partition coefficient (Wildman–Crippen LogP) is 3.05. The van der Waals surface area contributed by atoms with Gasteiger partial charge in [0.05, 0.1) is 0 Å². The van der Waals surface area contributed by atoms with E-state index in [-0.39, 0.29) is 5.91 Å². The summed E-state index contributed by atoms with van der Waals surface area (Å²) in [6.07, 6.45) is 3.56. The SMILES string of the molecule is CCNC(=NCCCC(=O)N1CCc2ccccc2C1)N1CCC(C)(C)C1. The number of benzene rings is 1. The van der Waals surface area contributed by atoms with Crippen LogP contribution in [0.1, 0.15) is 51.2 Å². The van der Waals surface area contributed by atoms with Gasteiger partial charge in [0, 0.05) is 45.7 Å². The van der Waals surface area contributed by atoms with Crippen LogP contribution in [0, 0.1) is 5.41 Å². The van der Waals surface area contributed by atoms with Crippen molar-refractivity contribution < 1.29 is 4.79 Å². The van der Waals surface area contributed by atoms with Crippen LogP contribution in [0.25, 0.3) is 0 Å². The number of carbonyl (C=O) groups excluding carboxylic acids is 1. The molecule has 0 spiro atoms. The van der Waals surface area contributed by atoms with Crippen LogP contribution in [-0.4, -0.2) is 54.4 Å². The first-order valence-corrected chi connectivity index (χ1v) is 10.4. The maximum absolute atomic E-state index is 12.6.